The summed E-state index contributed by atoms with van der Waals surface area (Å²) in [6.45, 7) is 6.53. The van der Waals surface area contributed by atoms with Crippen LogP contribution < -0.4 is 16.1 Å². The lowest BCUT2D eigenvalue weighted by molar-refractivity contribution is 0.590. The normalized spacial score (nSPS) is 22.4. The Labute approximate surface area is 110 Å². The van der Waals surface area contributed by atoms with Crippen molar-refractivity contribution in [3.8, 4) is 11.5 Å². The minimum Gasteiger partial charge on any atom is -0.449 e. The summed E-state index contributed by atoms with van der Waals surface area (Å²) in [6.07, 6.45) is 1.96. The van der Waals surface area contributed by atoms with Crippen LogP contribution in [-0.2, 0) is 17.4 Å². The van der Waals surface area contributed by atoms with Crippen molar-refractivity contribution in [3.63, 3.8) is 0 Å². The van der Waals surface area contributed by atoms with Crippen molar-refractivity contribution in [1.82, 2.24) is 4.98 Å². The van der Waals surface area contributed by atoms with Crippen LogP contribution in [0.1, 0.15) is 30.7 Å². The Balaban J connectivity index is 1.81. The summed E-state index contributed by atoms with van der Waals surface area (Å²) < 4.78 is 17.7. The van der Waals surface area contributed by atoms with E-state index in [1.165, 1.54) is 4.88 Å². The molecule has 1 atom stereocenters. The highest BCUT2D eigenvalue weighted by molar-refractivity contribution is 8.06. The molecule has 5 rings (SSSR count). The molecule has 0 N–H and O–H groups in total. The third kappa shape index (κ3) is 1.16. The van der Waals surface area contributed by atoms with Gasteiger partial charge in [0.25, 0.3) is 0 Å². The zero-order valence-electron chi connectivity index (χ0n) is 10.6. The first kappa shape index (κ1) is 11.0. The quantitative estimate of drug-likeness (QED) is 0.539. The fourth-order valence-electron chi connectivity index (χ4n) is 2.50. The number of furan rings is 1. The van der Waals surface area contributed by atoms with Crippen LogP contribution in [0.25, 0.3) is 11.5 Å². The summed E-state index contributed by atoms with van der Waals surface area (Å²) >= 11 is 1.77. The Hall–Kier alpha value is -0.860. The van der Waals surface area contributed by atoms with E-state index in [1.54, 1.807) is 11.3 Å². The minimum absolute atomic E-state index is 0.597. The fourth-order valence-corrected chi connectivity index (χ4v) is 6.20. The number of rotatable bonds is 4. The van der Waals surface area contributed by atoms with E-state index in [2.05, 4.69) is 25.8 Å². The predicted molar refractivity (Wildman–Crippen MR) is 74.2 cm³/mol. The van der Waals surface area contributed by atoms with Crippen LogP contribution in [0.3, 0.4) is 0 Å². The molecule has 3 aliphatic heterocycles. The number of hydrogen-bond acceptors (Lipinski definition) is 4. The molecule has 2 aromatic rings. The van der Waals surface area contributed by atoms with Crippen LogP contribution in [0, 0.1) is 5.92 Å². The van der Waals surface area contributed by atoms with Gasteiger partial charge in [-0.15, -0.1) is 11.3 Å². The Kier molecular flexibility index (Phi) is 1.94. The largest absolute Gasteiger partial charge is 0.449 e. The maximum atomic E-state index is 12.0. The number of aryl methyl sites for hydroxylation is 1. The molecule has 2 bridgehead atoms. The van der Waals surface area contributed by atoms with E-state index in [-0.39, 0.29) is 0 Å². The number of thiazole rings is 1. The standard InChI is InChI=1S/C13H14NO2PS/c1-4-8-14-9(7(18-8)5-6(2)3)10-11-12-13(16-10)17(11,12)15/h6H,4-5H2,1-3H3. The van der Waals surface area contributed by atoms with Gasteiger partial charge in [-0.1, -0.05) is 20.8 Å². The molecule has 0 radical (unpaired) electrons. The van der Waals surface area contributed by atoms with Crippen molar-refractivity contribution in [2.24, 2.45) is 5.92 Å². The Bertz CT molecular complexity index is 717. The fraction of sp³-hybridized carbons (Fsp3) is 0.462. The van der Waals surface area contributed by atoms with Gasteiger partial charge in [-0.25, -0.2) is 4.98 Å². The Morgan fingerprint density at radius 2 is 2.11 bits per heavy atom. The summed E-state index contributed by atoms with van der Waals surface area (Å²) in [6, 6.07) is 0. The smallest absolute Gasteiger partial charge is 0.214 e. The van der Waals surface area contributed by atoms with Crippen LogP contribution in [0.15, 0.2) is 4.42 Å². The third-order valence-electron chi connectivity index (χ3n) is 3.51. The van der Waals surface area contributed by atoms with Crippen molar-refractivity contribution in [3.05, 3.63) is 9.88 Å². The molecule has 0 spiro atoms. The predicted octanol–water partition coefficient (Wildman–Crippen LogP) is 2.43. The number of aromatic nitrogens is 1. The van der Waals surface area contributed by atoms with E-state index in [0.29, 0.717) is 5.92 Å². The first-order valence-electron chi connectivity index (χ1n) is 6.34. The molecule has 5 heterocycles. The number of hydrogen-bond donors (Lipinski definition) is 0. The molecule has 18 heavy (non-hydrogen) atoms. The van der Waals surface area contributed by atoms with Crippen molar-refractivity contribution in [1.29, 1.82) is 0 Å². The van der Waals surface area contributed by atoms with Crippen LogP contribution in [-0.4, -0.2) is 4.98 Å². The zero-order chi connectivity index (χ0) is 12.7. The molecule has 0 saturated carbocycles. The lowest BCUT2D eigenvalue weighted by Crippen LogP contribution is -1.98. The maximum Gasteiger partial charge on any atom is 0.214 e. The Morgan fingerprint density at radius 3 is 2.61 bits per heavy atom. The highest BCUT2D eigenvalue weighted by atomic mass is 32.1. The van der Waals surface area contributed by atoms with E-state index in [0.717, 1.165) is 45.4 Å². The van der Waals surface area contributed by atoms with E-state index in [4.69, 9.17) is 4.42 Å². The monoisotopic (exact) mass is 279 g/mol. The van der Waals surface area contributed by atoms with Gasteiger partial charge in [0.15, 0.2) is 11.3 Å². The van der Waals surface area contributed by atoms with Gasteiger partial charge >= 0.3 is 0 Å². The molecule has 0 fully saturated rings. The van der Waals surface area contributed by atoms with Crippen LogP contribution >= 0.6 is 18.5 Å². The lowest BCUT2D eigenvalue weighted by atomic mass is 10.1. The van der Waals surface area contributed by atoms with Crippen molar-refractivity contribution in [2.45, 2.75) is 33.6 Å². The third-order valence-corrected chi connectivity index (χ3v) is 7.28. The molecule has 1 unspecified atom stereocenters. The van der Waals surface area contributed by atoms with E-state index >= 15 is 0 Å². The van der Waals surface area contributed by atoms with E-state index < -0.39 is 7.14 Å². The average molecular weight is 279 g/mol. The van der Waals surface area contributed by atoms with Crippen molar-refractivity contribution >= 4 is 34.6 Å². The number of fused-ring (bicyclic) bond motifs is 1. The van der Waals surface area contributed by atoms with Crippen LogP contribution in [0.5, 0.6) is 0 Å². The lowest BCUT2D eigenvalue weighted by Gasteiger charge is -2.02. The highest BCUT2D eigenvalue weighted by Crippen LogP contribution is 2.70. The molecule has 3 aliphatic rings. The second-order valence-electron chi connectivity index (χ2n) is 5.37. The van der Waals surface area contributed by atoms with Gasteiger partial charge in [0, 0.05) is 4.88 Å². The van der Waals surface area contributed by atoms with Gasteiger partial charge < -0.3 is 8.98 Å². The van der Waals surface area contributed by atoms with Gasteiger partial charge in [-0.3, -0.25) is 0 Å². The van der Waals surface area contributed by atoms with Crippen LogP contribution in [0.2, 0.25) is 0 Å². The summed E-state index contributed by atoms with van der Waals surface area (Å²) in [5, 5.41) is 3.17. The van der Waals surface area contributed by atoms with Crippen molar-refractivity contribution < 1.29 is 8.98 Å². The molecule has 3 nitrogen and oxygen atoms in total. The van der Waals surface area contributed by atoms with Gasteiger partial charge in [-0.05, 0) is 18.8 Å². The van der Waals surface area contributed by atoms with Gasteiger partial charge in [0.2, 0.25) is 7.14 Å². The van der Waals surface area contributed by atoms with Crippen molar-refractivity contribution in [2.75, 3.05) is 0 Å². The summed E-state index contributed by atoms with van der Waals surface area (Å²) in [4.78, 5) is 5.96. The SMILES string of the molecule is CCc1nc(-c2oc3c4c2P34=O)c(CC(C)C)s1. The highest BCUT2D eigenvalue weighted by Gasteiger charge is 2.75. The molecule has 94 valence electrons. The summed E-state index contributed by atoms with van der Waals surface area (Å²) in [7, 11) is -2.11. The topological polar surface area (TPSA) is 43.1 Å². The first-order valence-corrected chi connectivity index (χ1v) is 8.87. The number of nitrogens with zero attached hydrogens (tertiary/aromatic N) is 1. The maximum absolute atomic E-state index is 12.0. The molecule has 0 saturated heterocycles. The van der Waals surface area contributed by atoms with Gasteiger partial charge in [0.1, 0.15) is 5.69 Å². The van der Waals surface area contributed by atoms with Gasteiger partial charge in [-0.2, -0.15) is 0 Å². The second-order valence-corrected chi connectivity index (χ2v) is 9.06. The molecule has 2 aromatic heterocycles. The molecular weight excluding hydrogens is 265 g/mol. The zero-order valence-corrected chi connectivity index (χ0v) is 12.3. The summed E-state index contributed by atoms with van der Waals surface area (Å²) in [5.41, 5.74) is 1.73. The molecule has 5 heteroatoms. The second kappa shape index (κ2) is 3.17. The molecule has 0 amide bonds. The van der Waals surface area contributed by atoms with Crippen LogP contribution in [0.4, 0.5) is 0 Å². The summed E-state index contributed by atoms with van der Waals surface area (Å²) in [5.74, 6) is 1.41. The average Bonchev–Trinajstić information content (AvgIpc) is 2.90. The molecular formula is C13H14NO2PS. The van der Waals surface area contributed by atoms with E-state index in [1.807, 2.05) is 0 Å². The minimum atomic E-state index is -2.11. The van der Waals surface area contributed by atoms with E-state index in [9.17, 15) is 4.57 Å². The Morgan fingerprint density at radius 1 is 1.39 bits per heavy atom. The van der Waals surface area contributed by atoms with Gasteiger partial charge in [0.05, 0.1) is 15.6 Å². The first-order chi connectivity index (χ1) is 8.57. The molecule has 0 aromatic carbocycles. The molecule has 0 aliphatic carbocycles.